The van der Waals surface area contributed by atoms with Crippen molar-refractivity contribution in [2.24, 2.45) is 0 Å². The third-order valence-electron chi connectivity index (χ3n) is 5.85. The number of hydrogen-bond acceptors (Lipinski definition) is 4. The first-order valence-electron chi connectivity index (χ1n) is 10.4. The number of aryl methyl sites for hydroxylation is 1. The quantitative estimate of drug-likeness (QED) is 0.751. The number of rotatable bonds is 3. The van der Waals surface area contributed by atoms with Crippen molar-refractivity contribution in [3.05, 3.63) is 59.7 Å². The van der Waals surface area contributed by atoms with Gasteiger partial charge in [0.15, 0.2) is 0 Å². The topological polar surface area (TPSA) is 66.9 Å². The Morgan fingerprint density at radius 2 is 1.70 bits per heavy atom. The first kappa shape index (κ1) is 21.0. The zero-order chi connectivity index (χ0) is 21.5. The molecule has 0 spiro atoms. The van der Waals surface area contributed by atoms with E-state index in [1.54, 1.807) is 23.1 Å². The van der Waals surface area contributed by atoms with Crippen molar-refractivity contribution in [2.75, 3.05) is 18.0 Å². The van der Waals surface area contributed by atoms with Gasteiger partial charge in [-0.25, -0.2) is 8.42 Å². The SMILES string of the molecule is CC1CN(S(=O)(=O)c2cccc(C(=O)N3c4ccccc4CCC3C)c2)CC(C)O1. The number of para-hydroxylation sites is 1. The van der Waals surface area contributed by atoms with Gasteiger partial charge in [0.2, 0.25) is 10.0 Å². The largest absolute Gasteiger partial charge is 0.373 e. The van der Waals surface area contributed by atoms with E-state index < -0.39 is 10.0 Å². The Balaban J connectivity index is 1.66. The number of morpholine rings is 1. The predicted octanol–water partition coefficient (Wildman–Crippen LogP) is 3.47. The second-order valence-electron chi connectivity index (χ2n) is 8.30. The number of carbonyl (C=O) groups excluding carboxylic acids is 1. The summed E-state index contributed by atoms with van der Waals surface area (Å²) in [5.74, 6) is -0.171. The molecule has 0 saturated carbocycles. The normalized spacial score (nSPS) is 25.0. The second kappa shape index (κ2) is 8.13. The van der Waals surface area contributed by atoms with Crippen molar-refractivity contribution in [3.8, 4) is 0 Å². The zero-order valence-corrected chi connectivity index (χ0v) is 18.4. The van der Waals surface area contributed by atoms with Gasteiger partial charge in [-0.05, 0) is 63.4 Å². The molecule has 2 aliphatic rings. The van der Waals surface area contributed by atoms with Gasteiger partial charge in [-0.2, -0.15) is 4.31 Å². The van der Waals surface area contributed by atoms with E-state index >= 15 is 0 Å². The van der Waals surface area contributed by atoms with E-state index in [1.807, 2.05) is 45.0 Å². The van der Waals surface area contributed by atoms with Gasteiger partial charge in [-0.15, -0.1) is 0 Å². The fourth-order valence-corrected chi connectivity index (χ4v) is 6.04. The fourth-order valence-electron chi connectivity index (χ4n) is 4.40. The van der Waals surface area contributed by atoms with Crippen LogP contribution in [0.25, 0.3) is 0 Å². The van der Waals surface area contributed by atoms with E-state index in [0.29, 0.717) is 18.7 Å². The molecule has 4 rings (SSSR count). The van der Waals surface area contributed by atoms with E-state index in [4.69, 9.17) is 4.74 Å². The van der Waals surface area contributed by atoms with E-state index in [0.717, 1.165) is 24.1 Å². The molecular formula is C23H28N2O4S. The van der Waals surface area contributed by atoms with Crippen LogP contribution in [-0.4, -0.2) is 50.0 Å². The van der Waals surface area contributed by atoms with Crippen LogP contribution >= 0.6 is 0 Å². The molecule has 2 aliphatic heterocycles. The van der Waals surface area contributed by atoms with Gasteiger partial charge in [0, 0.05) is 30.4 Å². The van der Waals surface area contributed by atoms with Crippen molar-refractivity contribution in [2.45, 2.75) is 56.8 Å². The number of amides is 1. The molecule has 3 atom stereocenters. The van der Waals surface area contributed by atoms with E-state index in [1.165, 1.54) is 10.4 Å². The predicted molar refractivity (Wildman–Crippen MR) is 116 cm³/mol. The first-order valence-corrected chi connectivity index (χ1v) is 11.9. The summed E-state index contributed by atoms with van der Waals surface area (Å²) < 4.78 is 33.6. The maximum atomic E-state index is 13.4. The van der Waals surface area contributed by atoms with Gasteiger partial charge in [-0.3, -0.25) is 4.79 Å². The summed E-state index contributed by atoms with van der Waals surface area (Å²) in [4.78, 5) is 15.4. The summed E-state index contributed by atoms with van der Waals surface area (Å²) in [6.07, 6.45) is 1.48. The molecule has 6 nitrogen and oxygen atoms in total. The number of sulfonamides is 1. The van der Waals surface area contributed by atoms with Crippen LogP contribution in [0.15, 0.2) is 53.4 Å². The maximum Gasteiger partial charge on any atom is 0.258 e. The lowest BCUT2D eigenvalue weighted by Gasteiger charge is -2.36. The highest BCUT2D eigenvalue weighted by atomic mass is 32.2. The lowest BCUT2D eigenvalue weighted by atomic mass is 9.96. The zero-order valence-electron chi connectivity index (χ0n) is 17.6. The minimum atomic E-state index is -3.71. The Kier molecular flexibility index (Phi) is 5.70. The molecule has 0 N–H and O–H groups in total. The molecule has 7 heteroatoms. The lowest BCUT2D eigenvalue weighted by molar-refractivity contribution is -0.0440. The maximum absolute atomic E-state index is 13.4. The van der Waals surface area contributed by atoms with Crippen molar-refractivity contribution >= 4 is 21.6 Å². The Morgan fingerprint density at radius 1 is 1.00 bits per heavy atom. The number of ether oxygens (including phenoxy) is 1. The molecule has 0 radical (unpaired) electrons. The van der Waals surface area contributed by atoms with Crippen molar-refractivity contribution in [3.63, 3.8) is 0 Å². The lowest BCUT2D eigenvalue weighted by Crippen LogP contribution is -2.48. The van der Waals surface area contributed by atoms with Gasteiger partial charge in [0.25, 0.3) is 5.91 Å². The van der Waals surface area contributed by atoms with Crippen molar-refractivity contribution < 1.29 is 17.9 Å². The van der Waals surface area contributed by atoms with E-state index in [9.17, 15) is 13.2 Å². The molecule has 0 aliphatic carbocycles. The Hall–Kier alpha value is -2.22. The molecule has 1 saturated heterocycles. The average molecular weight is 429 g/mol. The van der Waals surface area contributed by atoms with Crippen LogP contribution in [0.5, 0.6) is 0 Å². The molecule has 30 heavy (non-hydrogen) atoms. The summed E-state index contributed by atoms with van der Waals surface area (Å²) in [5, 5.41) is 0. The van der Waals surface area contributed by atoms with Crippen LogP contribution < -0.4 is 4.90 Å². The number of carbonyl (C=O) groups is 1. The Bertz CT molecular complexity index is 1040. The van der Waals surface area contributed by atoms with Crippen LogP contribution in [0.2, 0.25) is 0 Å². The minimum Gasteiger partial charge on any atom is -0.373 e. The highest BCUT2D eigenvalue weighted by Crippen LogP contribution is 2.32. The van der Waals surface area contributed by atoms with E-state index in [2.05, 4.69) is 0 Å². The number of anilines is 1. The second-order valence-corrected chi connectivity index (χ2v) is 10.2. The highest BCUT2D eigenvalue weighted by Gasteiger charge is 2.33. The molecule has 2 aromatic carbocycles. The molecular weight excluding hydrogens is 400 g/mol. The summed E-state index contributed by atoms with van der Waals surface area (Å²) >= 11 is 0. The number of nitrogens with zero attached hydrogens (tertiary/aromatic N) is 2. The number of hydrogen-bond donors (Lipinski definition) is 0. The van der Waals surface area contributed by atoms with Crippen LogP contribution in [0.4, 0.5) is 5.69 Å². The molecule has 2 heterocycles. The van der Waals surface area contributed by atoms with Gasteiger partial charge in [0.1, 0.15) is 0 Å². The van der Waals surface area contributed by atoms with Gasteiger partial charge >= 0.3 is 0 Å². The first-order chi connectivity index (χ1) is 14.3. The molecule has 3 unspecified atom stereocenters. The van der Waals surface area contributed by atoms with Gasteiger partial charge < -0.3 is 9.64 Å². The Morgan fingerprint density at radius 3 is 2.43 bits per heavy atom. The molecule has 0 bridgehead atoms. The summed E-state index contributed by atoms with van der Waals surface area (Å²) in [6.45, 7) is 6.38. The van der Waals surface area contributed by atoms with Crippen LogP contribution in [0.1, 0.15) is 43.1 Å². The standard InChI is InChI=1S/C23H28N2O4S/c1-16-11-12-19-7-4-5-10-22(19)25(16)23(26)20-8-6-9-21(13-20)30(27,28)24-14-17(2)29-18(3)15-24/h4-10,13,16-18H,11-12,14-15H2,1-3H3. The molecule has 1 amide bonds. The summed E-state index contributed by atoms with van der Waals surface area (Å²) in [7, 11) is -3.71. The number of benzene rings is 2. The van der Waals surface area contributed by atoms with Crippen molar-refractivity contribution in [1.29, 1.82) is 0 Å². The summed E-state index contributed by atoms with van der Waals surface area (Å²) in [5.41, 5.74) is 2.43. The minimum absolute atomic E-state index is 0.0496. The molecule has 2 aromatic rings. The van der Waals surface area contributed by atoms with Gasteiger partial charge in [0.05, 0.1) is 17.1 Å². The summed E-state index contributed by atoms with van der Waals surface area (Å²) in [6, 6.07) is 14.4. The average Bonchev–Trinajstić information content (AvgIpc) is 2.72. The Labute approximate surface area is 178 Å². The van der Waals surface area contributed by atoms with E-state index in [-0.39, 0.29) is 29.1 Å². The number of fused-ring (bicyclic) bond motifs is 1. The fraction of sp³-hybridized carbons (Fsp3) is 0.435. The van der Waals surface area contributed by atoms with Gasteiger partial charge in [-0.1, -0.05) is 24.3 Å². The monoisotopic (exact) mass is 428 g/mol. The van der Waals surface area contributed by atoms with Crippen LogP contribution in [0, 0.1) is 0 Å². The van der Waals surface area contributed by atoms with Crippen LogP contribution in [0.3, 0.4) is 0 Å². The van der Waals surface area contributed by atoms with Crippen molar-refractivity contribution in [1.82, 2.24) is 4.31 Å². The van der Waals surface area contributed by atoms with Crippen LogP contribution in [-0.2, 0) is 21.2 Å². The highest BCUT2D eigenvalue weighted by molar-refractivity contribution is 7.89. The molecule has 0 aromatic heterocycles. The molecule has 160 valence electrons. The smallest absolute Gasteiger partial charge is 0.258 e. The third-order valence-corrected chi connectivity index (χ3v) is 7.67. The third kappa shape index (κ3) is 3.89. The molecule has 1 fully saturated rings.